The topological polar surface area (TPSA) is 70.2 Å². The van der Waals surface area contributed by atoms with Gasteiger partial charge in [-0.05, 0) is 19.8 Å². The summed E-state index contributed by atoms with van der Waals surface area (Å²) < 4.78 is 0. The van der Waals surface area contributed by atoms with E-state index in [4.69, 9.17) is 0 Å². The first-order chi connectivity index (χ1) is 8.69. The Hall–Kier alpha value is -1.85. The molecule has 0 unspecified atom stereocenters. The molecule has 1 aromatic rings. The summed E-state index contributed by atoms with van der Waals surface area (Å²) in [4.78, 5) is 21.8. The number of anilines is 2. The van der Waals surface area contributed by atoms with Crippen molar-refractivity contribution >= 4 is 17.5 Å². The number of nitrogens with one attached hydrogen (secondary N) is 2. The third-order valence-corrected chi connectivity index (χ3v) is 2.72. The van der Waals surface area contributed by atoms with Crippen LogP contribution in [0.3, 0.4) is 0 Å². The molecular formula is C12H19N5O. The van der Waals surface area contributed by atoms with Gasteiger partial charge < -0.3 is 15.5 Å². The second-order valence-electron chi connectivity index (χ2n) is 4.49. The van der Waals surface area contributed by atoms with Crippen LogP contribution in [0.5, 0.6) is 0 Å². The summed E-state index contributed by atoms with van der Waals surface area (Å²) in [6, 6.07) is 2.24. The number of hydrogen-bond donors (Lipinski definition) is 2. The highest BCUT2D eigenvalue weighted by Gasteiger charge is 2.23. The highest BCUT2D eigenvalue weighted by atomic mass is 16.2. The van der Waals surface area contributed by atoms with E-state index in [1.165, 1.54) is 6.33 Å². The fourth-order valence-electron chi connectivity index (χ4n) is 1.63. The summed E-state index contributed by atoms with van der Waals surface area (Å²) in [6.07, 6.45) is 3.71. The number of carbonyl (C=O) groups is 1. The zero-order valence-corrected chi connectivity index (χ0v) is 10.8. The van der Waals surface area contributed by atoms with E-state index in [1.807, 2.05) is 24.9 Å². The van der Waals surface area contributed by atoms with Gasteiger partial charge in [0.05, 0.1) is 6.54 Å². The Morgan fingerprint density at radius 3 is 2.94 bits per heavy atom. The third kappa shape index (κ3) is 3.58. The lowest BCUT2D eigenvalue weighted by Gasteiger charge is -2.18. The van der Waals surface area contributed by atoms with E-state index in [-0.39, 0.29) is 5.91 Å². The van der Waals surface area contributed by atoms with Crippen molar-refractivity contribution in [2.75, 3.05) is 30.4 Å². The van der Waals surface area contributed by atoms with Crippen LogP contribution in [0.15, 0.2) is 12.4 Å². The summed E-state index contributed by atoms with van der Waals surface area (Å²) in [5.74, 6) is 1.56. The zero-order chi connectivity index (χ0) is 13.0. The van der Waals surface area contributed by atoms with E-state index in [9.17, 15) is 4.79 Å². The van der Waals surface area contributed by atoms with Crippen LogP contribution < -0.4 is 15.5 Å². The Labute approximate surface area is 107 Å². The number of carbonyl (C=O) groups excluding carboxylic acids is 1. The van der Waals surface area contributed by atoms with Gasteiger partial charge in [0.25, 0.3) is 0 Å². The van der Waals surface area contributed by atoms with Crippen molar-refractivity contribution in [2.45, 2.75) is 25.8 Å². The van der Waals surface area contributed by atoms with Gasteiger partial charge in [0.1, 0.15) is 18.0 Å². The second-order valence-corrected chi connectivity index (χ2v) is 4.49. The molecule has 2 N–H and O–H groups in total. The van der Waals surface area contributed by atoms with Crippen LogP contribution >= 0.6 is 0 Å². The smallest absolute Gasteiger partial charge is 0.239 e. The minimum Gasteiger partial charge on any atom is -0.370 e. The van der Waals surface area contributed by atoms with Crippen molar-refractivity contribution < 1.29 is 4.79 Å². The number of aromatic nitrogens is 2. The van der Waals surface area contributed by atoms with Crippen molar-refractivity contribution in [1.82, 2.24) is 15.3 Å². The molecule has 0 saturated heterocycles. The molecule has 0 aromatic carbocycles. The maximum Gasteiger partial charge on any atom is 0.239 e. The van der Waals surface area contributed by atoms with Crippen LogP contribution in [-0.2, 0) is 4.79 Å². The maximum atomic E-state index is 11.7. The molecule has 6 nitrogen and oxygen atoms in total. The van der Waals surface area contributed by atoms with E-state index < -0.39 is 0 Å². The zero-order valence-electron chi connectivity index (χ0n) is 10.8. The Bertz CT molecular complexity index is 419. The van der Waals surface area contributed by atoms with Crippen molar-refractivity contribution in [3.8, 4) is 0 Å². The van der Waals surface area contributed by atoms with Gasteiger partial charge in [-0.2, -0.15) is 0 Å². The molecule has 1 fully saturated rings. The molecule has 1 amide bonds. The Morgan fingerprint density at radius 1 is 1.50 bits per heavy atom. The van der Waals surface area contributed by atoms with E-state index in [0.717, 1.165) is 31.0 Å². The minimum absolute atomic E-state index is 0.0450. The van der Waals surface area contributed by atoms with Gasteiger partial charge in [-0.25, -0.2) is 9.97 Å². The molecule has 0 bridgehead atoms. The molecule has 1 heterocycles. The number of rotatable bonds is 6. The summed E-state index contributed by atoms with van der Waals surface area (Å²) in [7, 11) is 1.85. The average Bonchev–Trinajstić information content (AvgIpc) is 3.13. The predicted octanol–water partition coefficient (Wildman–Crippen LogP) is 0.623. The second kappa shape index (κ2) is 5.66. The molecule has 0 spiro atoms. The van der Waals surface area contributed by atoms with E-state index in [2.05, 4.69) is 20.6 Å². The molecular weight excluding hydrogens is 230 g/mol. The minimum atomic E-state index is 0.0450. The molecule has 0 atom stereocenters. The predicted molar refractivity (Wildman–Crippen MR) is 70.6 cm³/mol. The third-order valence-electron chi connectivity index (χ3n) is 2.72. The van der Waals surface area contributed by atoms with Gasteiger partial charge in [-0.15, -0.1) is 0 Å². The van der Waals surface area contributed by atoms with Crippen LogP contribution in [0.1, 0.15) is 19.8 Å². The Kier molecular flexibility index (Phi) is 3.96. The van der Waals surface area contributed by atoms with Crippen LogP contribution in [0.4, 0.5) is 11.6 Å². The SMILES string of the molecule is CCNc1cc(N(C)CC(=O)NC2CC2)ncn1. The lowest BCUT2D eigenvalue weighted by Crippen LogP contribution is -2.36. The molecule has 18 heavy (non-hydrogen) atoms. The number of likely N-dealkylation sites (N-methyl/N-ethyl adjacent to an activating group) is 1. The summed E-state index contributed by atoms with van der Waals surface area (Å²) >= 11 is 0. The number of amides is 1. The first kappa shape index (κ1) is 12.6. The largest absolute Gasteiger partial charge is 0.370 e. The molecule has 6 heteroatoms. The molecule has 1 aliphatic carbocycles. The molecule has 98 valence electrons. The molecule has 1 aromatic heterocycles. The fraction of sp³-hybridized carbons (Fsp3) is 0.583. The lowest BCUT2D eigenvalue weighted by molar-refractivity contribution is -0.119. The van der Waals surface area contributed by atoms with Gasteiger partial charge in [-0.1, -0.05) is 0 Å². The summed E-state index contributed by atoms with van der Waals surface area (Å²) in [5.41, 5.74) is 0. The van der Waals surface area contributed by atoms with Crippen LogP contribution in [0.25, 0.3) is 0 Å². The first-order valence-electron chi connectivity index (χ1n) is 6.25. The van der Waals surface area contributed by atoms with Gasteiger partial charge in [-0.3, -0.25) is 4.79 Å². The fourth-order valence-corrected chi connectivity index (χ4v) is 1.63. The highest BCUT2D eigenvalue weighted by molar-refractivity contribution is 5.81. The number of nitrogens with zero attached hydrogens (tertiary/aromatic N) is 3. The summed E-state index contributed by atoms with van der Waals surface area (Å²) in [6.45, 7) is 3.13. The highest BCUT2D eigenvalue weighted by Crippen LogP contribution is 2.18. The quantitative estimate of drug-likeness (QED) is 0.773. The normalized spacial score (nSPS) is 14.1. The van der Waals surface area contributed by atoms with Gasteiger partial charge in [0.15, 0.2) is 0 Å². The Balaban J connectivity index is 1.91. The standard InChI is InChI=1S/C12H19N5O/c1-3-13-10-6-11(15-8-14-10)17(2)7-12(18)16-9-4-5-9/h6,8-9H,3-5,7H2,1-2H3,(H,16,18)(H,13,14,15). The van der Waals surface area contributed by atoms with Crippen molar-refractivity contribution in [3.63, 3.8) is 0 Å². The van der Waals surface area contributed by atoms with Crippen LogP contribution in [0.2, 0.25) is 0 Å². The molecule has 1 saturated carbocycles. The first-order valence-corrected chi connectivity index (χ1v) is 6.25. The monoisotopic (exact) mass is 249 g/mol. The van der Waals surface area contributed by atoms with Crippen molar-refractivity contribution in [2.24, 2.45) is 0 Å². The molecule has 1 aliphatic rings. The molecule has 0 aliphatic heterocycles. The van der Waals surface area contributed by atoms with Crippen LogP contribution in [-0.4, -0.2) is 42.1 Å². The molecule has 2 rings (SSSR count). The van der Waals surface area contributed by atoms with Gasteiger partial charge in [0.2, 0.25) is 5.91 Å². The number of hydrogen-bond acceptors (Lipinski definition) is 5. The van der Waals surface area contributed by atoms with E-state index in [1.54, 1.807) is 0 Å². The molecule has 0 radical (unpaired) electrons. The van der Waals surface area contributed by atoms with E-state index in [0.29, 0.717) is 12.6 Å². The van der Waals surface area contributed by atoms with Crippen molar-refractivity contribution in [3.05, 3.63) is 12.4 Å². The maximum absolute atomic E-state index is 11.7. The van der Waals surface area contributed by atoms with Gasteiger partial charge in [0, 0.05) is 25.7 Å². The van der Waals surface area contributed by atoms with Crippen molar-refractivity contribution in [1.29, 1.82) is 0 Å². The lowest BCUT2D eigenvalue weighted by atomic mass is 10.4. The van der Waals surface area contributed by atoms with E-state index >= 15 is 0 Å². The van der Waals surface area contributed by atoms with Crippen LogP contribution in [0, 0.1) is 0 Å². The van der Waals surface area contributed by atoms with Gasteiger partial charge >= 0.3 is 0 Å². The summed E-state index contributed by atoms with van der Waals surface area (Å²) in [5, 5.41) is 6.07. The average molecular weight is 249 g/mol. The Morgan fingerprint density at radius 2 is 2.28 bits per heavy atom.